The molecule has 0 aliphatic rings. The van der Waals surface area contributed by atoms with Gasteiger partial charge in [0.1, 0.15) is 0 Å². The number of benzene rings is 1. The van der Waals surface area contributed by atoms with Crippen molar-refractivity contribution in [1.29, 1.82) is 0 Å². The molecule has 1 heterocycles. The third-order valence-corrected chi connectivity index (χ3v) is 5.75. The number of aromatic nitrogens is 2. The van der Waals surface area contributed by atoms with Crippen molar-refractivity contribution in [3.8, 4) is 0 Å². The lowest BCUT2D eigenvalue weighted by molar-refractivity contribution is -0.141. The highest BCUT2D eigenvalue weighted by Gasteiger charge is 2.22. The first-order valence-corrected chi connectivity index (χ1v) is 8.90. The minimum absolute atomic E-state index is 0.224. The van der Waals surface area contributed by atoms with Gasteiger partial charge in [-0.2, -0.15) is 0 Å². The summed E-state index contributed by atoms with van der Waals surface area (Å²) in [5, 5.41) is 8.14. The molecule has 0 aliphatic carbocycles. The lowest BCUT2D eigenvalue weighted by Crippen LogP contribution is -2.16. The maximum atomic E-state index is 11.9. The Hall–Kier alpha value is -1.05. The summed E-state index contributed by atoms with van der Waals surface area (Å²) in [5.41, 5.74) is 0.960. The molecule has 0 aliphatic heterocycles. The van der Waals surface area contributed by atoms with Crippen LogP contribution in [0, 0.1) is 0 Å². The molecule has 1 atom stereocenters. The first kappa shape index (κ1) is 15.3. The molecule has 0 bridgehead atoms. The zero-order valence-electron chi connectivity index (χ0n) is 11.1. The summed E-state index contributed by atoms with van der Waals surface area (Å²) in [5.74, 6) is 0.0887. The molecule has 0 fully saturated rings. The Morgan fingerprint density at radius 2 is 2.00 bits per heavy atom. The number of esters is 1. The fourth-order valence-corrected chi connectivity index (χ4v) is 4.20. The van der Waals surface area contributed by atoms with Crippen LogP contribution in [0.3, 0.4) is 0 Å². The second-order valence-corrected chi connectivity index (χ2v) is 7.13. The Kier molecular flexibility index (Phi) is 5.87. The molecular weight excluding hydrogens is 312 g/mol. The monoisotopic (exact) mass is 326 g/mol. The molecule has 0 radical (unpaired) electrons. The van der Waals surface area contributed by atoms with E-state index in [-0.39, 0.29) is 11.9 Å². The van der Waals surface area contributed by atoms with Gasteiger partial charge < -0.3 is 4.74 Å². The van der Waals surface area contributed by atoms with Crippen LogP contribution in [0.15, 0.2) is 39.0 Å². The zero-order valence-corrected chi connectivity index (χ0v) is 13.6. The average molecular weight is 326 g/mol. The third-order valence-electron chi connectivity index (χ3n) is 2.62. The van der Waals surface area contributed by atoms with Gasteiger partial charge in [-0.05, 0) is 11.8 Å². The topological polar surface area (TPSA) is 52.1 Å². The summed E-state index contributed by atoms with van der Waals surface area (Å²) in [6.45, 7) is 0. The summed E-state index contributed by atoms with van der Waals surface area (Å²) in [6.07, 6.45) is 1.97. The van der Waals surface area contributed by atoms with Gasteiger partial charge in [0.15, 0.2) is 8.68 Å². The highest BCUT2D eigenvalue weighted by molar-refractivity contribution is 8.03. The largest absolute Gasteiger partial charge is 0.469 e. The average Bonchev–Trinajstić information content (AvgIpc) is 2.96. The number of carbonyl (C=O) groups is 1. The number of nitrogens with zero attached hydrogens (tertiary/aromatic N) is 2. The van der Waals surface area contributed by atoms with Crippen molar-refractivity contribution < 1.29 is 9.53 Å². The Morgan fingerprint density at radius 1 is 1.30 bits per heavy atom. The van der Waals surface area contributed by atoms with E-state index in [1.165, 1.54) is 18.9 Å². The zero-order chi connectivity index (χ0) is 14.4. The van der Waals surface area contributed by atoms with E-state index in [0.29, 0.717) is 5.75 Å². The van der Waals surface area contributed by atoms with E-state index in [1.54, 1.807) is 23.1 Å². The van der Waals surface area contributed by atoms with Crippen LogP contribution in [0.2, 0.25) is 0 Å². The minimum Gasteiger partial charge on any atom is -0.469 e. The molecular formula is C13H14N2O2S3. The summed E-state index contributed by atoms with van der Waals surface area (Å²) in [4.78, 5) is 11.9. The lowest BCUT2D eigenvalue weighted by atomic mass is 10.0. The molecule has 2 rings (SSSR count). The van der Waals surface area contributed by atoms with Crippen molar-refractivity contribution in [2.45, 2.75) is 14.6 Å². The van der Waals surface area contributed by atoms with Crippen LogP contribution >= 0.6 is 34.9 Å². The number of methoxy groups -OCH3 is 1. The Morgan fingerprint density at radius 3 is 2.60 bits per heavy atom. The number of carbonyl (C=O) groups excluding carboxylic acids is 1. The summed E-state index contributed by atoms with van der Waals surface area (Å²) in [6, 6.07) is 9.66. The van der Waals surface area contributed by atoms with Gasteiger partial charge in [-0.15, -0.1) is 10.2 Å². The van der Waals surface area contributed by atoms with E-state index in [9.17, 15) is 4.79 Å². The van der Waals surface area contributed by atoms with Crippen molar-refractivity contribution in [3.63, 3.8) is 0 Å². The highest BCUT2D eigenvalue weighted by Crippen LogP contribution is 2.31. The van der Waals surface area contributed by atoms with Gasteiger partial charge in [-0.1, -0.05) is 65.2 Å². The van der Waals surface area contributed by atoms with Crippen molar-refractivity contribution in [3.05, 3.63) is 35.9 Å². The minimum atomic E-state index is -0.284. The first-order chi connectivity index (χ1) is 9.74. The molecule has 0 spiro atoms. The molecule has 0 saturated carbocycles. The summed E-state index contributed by atoms with van der Waals surface area (Å²) in [7, 11) is 1.42. The van der Waals surface area contributed by atoms with Crippen LogP contribution in [-0.2, 0) is 9.53 Å². The van der Waals surface area contributed by atoms with Crippen molar-refractivity contribution in [2.24, 2.45) is 0 Å². The van der Waals surface area contributed by atoms with E-state index < -0.39 is 0 Å². The van der Waals surface area contributed by atoms with E-state index in [4.69, 9.17) is 4.74 Å². The maximum Gasteiger partial charge on any atom is 0.313 e. The molecule has 2 aromatic rings. The Labute approximate surface area is 130 Å². The molecule has 0 saturated heterocycles. The fraction of sp³-hybridized carbons (Fsp3) is 0.308. The molecule has 1 aromatic carbocycles. The van der Waals surface area contributed by atoms with Gasteiger partial charge in [0.2, 0.25) is 0 Å². The molecule has 0 N–H and O–H groups in total. The third kappa shape index (κ3) is 3.97. The number of ether oxygens (including phenoxy) is 1. The standard InChI is InChI=1S/C13H14N2O2S3/c1-17-11(16)10(9-6-4-3-5-7-9)8-19-13-15-14-12(18-2)20-13/h3-7,10H,8H2,1-2H3. The first-order valence-electron chi connectivity index (χ1n) is 5.87. The predicted octanol–water partition coefficient (Wildman–Crippen LogP) is 3.31. The van der Waals surface area contributed by atoms with E-state index in [2.05, 4.69) is 10.2 Å². The van der Waals surface area contributed by atoms with Gasteiger partial charge >= 0.3 is 5.97 Å². The molecule has 7 heteroatoms. The van der Waals surface area contributed by atoms with Gasteiger partial charge in [-0.3, -0.25) is 4.79 Å². The second kappa shape index (κ2) is 7.66. The highest BCUT2D eigenvalue weighted by atomic mass is 32.2. The number of rotatable bonds is 6. The molecule has 4 nitrogen and oxygen atoms in total. The van der Waals surface area contributed by atoms with Crippen LogP contribution in [0.5, 0.6) is 0 Å². The fourth-order valence-electron chi connectivity index (χ4n) is 1.62. The number of hydrogen-bond donors (Lipinski definition) is 0. The van der Waals surface area contributed by atoms with Crippen LogP contribution in [-0.4, -0.2) is 35.3 Å². The molecule has 0 amide bonds. The molecule has 106 valence electrons. The van der Waals surface area contributed by atoms with E-state index >= 15 is 0 Å². The Balaban J connectivity index is 2.07. The number of thioether (sulfide) groups is 2. The molecule has 20 heavy (non-hydrogen) atoms. The van der Waals surface area contributed by atoms with Crippen LogP contribution < -0.4 is 0 Å². The van der Waals surface area contributed by atoms with Crippen molar-refractivity contribution in [2.75, 3.05) is 19.1 Å². The smallest absolute Gasteiger partial charge is 0.313 e. The predicted molar refractivity (Wildman–Crippen MR) is 83.6 cm³/mol. The van der Waals surface area contributed by atoms with Gasteiger partial charge in [-0.25, -0.2) is 0 Å². The SMILES string of the molecule is COC(=O)C(CSc1nnc(SC)s1)c1ccccc1. The van der Waals surface area contributed by atoms with Gasteiger partial charge in [0, 0.05) is 5.75 Å². The van der Waals surface area contributed by atoms with Crippen molar-refractivity contribution in [1.82, 2.24) is 10.2 Å². The molecule has 1 aromatic heterocycles. The summed E-state index contributed by atoms with van der Waals surface area (Å²) < 4.78 is 6.70. The van der Waals surface area contributed by atoms with Gasteiger partial charge in [0.05, 0.1) is 13.0 Å². The number of hydrogen-bond acceptors (Lipinski definition) is 7. The quantitative estimate of drug-likeness (QED) is 0.599. The molecule has 1 unspecified atom stereocenters. The van der Waals surface area contributed by atoms with Crippen LogP contribution in [0.1, 0.15) is 11.5 Å². The van der Waals surface area contributed by atoms with Crippen LogP contribution in [0.4, 0.5) is 0 Å². The van der Waals surface area contributed by atoms with Crippen LogP contribution in [0.25, 0.3) is 0 Å². The van der Waals surface area contributed by atoms with Gasteiger partial charge in [0.25, 0.3) is 0 Å². The lowest BCUT2D eigenvalue weighted by Gasteiger charge is -2.13. The van der Waals surface area contributed by atoms with E-state index in [0.717, 1.165) is 14.2 Å². The van der Waals surface area contributed by atoms with Crippen molar-refractivity contribution >= 4 is 40.8 Å². The summed E-state index contributed by atoms with van der Waals surface area (Å²) >= 11 is 4.65. The van der Waals surface area contributed by atoms with E-state index in [1.807, 2.05) is 36.6 Å². The normalized spacial score (nSPS) is 12.1. The Bertz CT molecular complexity index is 560. The second-order valence-electron chi connectivity index (χ2n) is 3.84. The maximum absolute atomic E-state index is 11.9.